The van der Waals surface area contributed by atoms with Gasteiger partial charge >= 0.3 is 6.03 Å². The number of piperidine rings is 1. The highest BCUT2D eigenvalue weighted by molar-refractivity contribution is 5.83. The number of allylic oxidation sites excluding steroid dienone is 1. The third-order valence-corrected chi connectivity index (χ3v) is 7.68. The van der Waals surface area contributed by atoms with Crippen LogP contribution in [0.2, 0.25) is 0 Å². The fourth-order valence-electron chi connectivity index (χ4n) is 5.97. The van der Waals surface area contributed by atoms with Gasteiger partial charge in [-0.2, -0.15) is 0 Å². The molecule has 2 amide bonds. The van der Waals surface area contributed by atoms with Crippen LogP contribution in [0.3, 0.4) is 0 Å². The average Bonchev–Trinajstić information content (AvgIpc) is 3.15. The molecule has 8 heteroatoms. The molecule has 4 heterocycles. The molecular weight excluding hydrogens is 432 g/mol. The van der Waals surface area contributed by atoms with Gasteiger partial charge in [-0.15, -0.1) is 0 Å². The monoisotopic (exact) mass is 466 g/mol. The predicted octanol–water partition coefficient (Wildman–Crippen LogP) is 4.04. The maximum absolute atomic E-state index is 13.6. The lowest BCUT2D eigenvalue weighted by molar-refractivity contribution is 0.0881. The number of urea groups is 1. The van der Waals surface area contributed by atoms with E-state index in [1.165, 1.54) is 0 Å². The number of carbonyl (C=O) groups excluding carboxylic acids is 1. The molecule has 2 saturated heterocycles. The van der Waals surface area contributed by atoms with E-state index in [0.717, 1.165) is 78.7 Å². The number of fused-ring (bicyclic) bond motifs is 3. The van der Waals surface area contributed by atoms with E-state index in [0.29, 0.717) is 19.0 Å². The van der Waals surface area contributed by atoms with E-state index in [2.05, 4.69) is 27.8 Å². The number of likely N-dealkylation sites (N-methyl/N-ethyl adjacent to an activating group) is 1. The van der Waals surface area contributed by atoms with Gasteiger partial charge in [0, 0.05) is 50.4 Å². The van der Waals surface area contributed by atoms with Gasteiger partial charge in [-0.05, 0) is 44.7 Å². The summed E-state index contributed by atoms with van der Waals surface area (Å²) in [7, 11) is 3.35. The zero-order valence-corrected chi connectivity index (χ0v) is 20.8. The van der Waals surface area contributed by atoms with Crippen LogP contribution in [0, 0.1) is 13.8 Å². The molecule has 1 spiro atoms. The minimum atomic E-state index is -0.267. The standard InChI is InChI=1S/C26H34N4O4/c1-6-30-25(31)29-15-19-13-20(32-4)14-23(33-5)21(19)7-8-24(29)26(30)9-11-28(12-10-26)16-22-17(2)34-18(3)27-22/h8,13-14H,6-7,9-12,15-16H2,1-5H3. The van der Waals surface area contributed by atoms with Gasteiger partial charge in [0.2, 0.25) is 0 Å². The number of hydrogen-bond donors (Lipinski definition) is 0. The van der Waals surface area contributed by atoms with Crippen LogP contribution in [0.4, 0.5) is 4.79 Å². The molecule has 0 radical (unpaired) electrons. The lowest BCUT2D eigenvalue weighted by Crippen LogP contribution is -2.53. The molecule has 34 heavy (non-hydrogen) atoms. The van der Waals surface area contributed by atoms with Crippen LogP contribution in [0.1, 0.15) is 48.2 Å². The number of rotatable bonds is 5. The SMILES string of the molecule is CCN1C(=O)N2Cc3cc(OC)cc(OC)c3CC=C2C12CCN(Cc1nc(C)oc1C)CC2. The molecule has 0 unspecified atom stereocenters. The number of nitrogens with zero attached hydrogens (tertiary/aromatic N) is 4. The van der Waals surface area contributed by atoms with Gasteiger partial charge < -0.3 is 18.8 Å². The number of likely N-dealkylation sites (tertiary alicyclic amines) is 1. The van der Waals surface area contributed by atoms with Crippen molar-refractivity contribution in [2.75, 3.05) is 33.9 Å². The quantitative estimate of drug-likeness (QED) is 0.662. The Kier molecular flexibility index (Phi) is 5.80. The van der Waals surface area contributed by atoms with Crippen molar-refractivity contribution < 1.29 is 18.7 Å². The number of methoxy groups -OCH3 is 2. The van der Waals surface area contributed by atoms with E-state index in [4.69, 9.17) is 13.9 Å². The highest BCUT2D eigenvalue weighted by Gasteiger charge is 2.54. The fourth-order valence-corrected chi connectivity index (χ4v) is 5.97. The summed E-state index contributed by atoms with van der Waals surface area (Å²) in [5.74, 6) is 3.17. The molecule has 8 nitrogen and oxygen atoms in total. The highest BCUT2D eigenvalue weighted by Crippen LogP contribution is 2.46. The van der Waals surface area contributed by atoms with Crippen LogP contribution in [0.5, 0.6) is 11.5 Å². The Balaban J connectivity index is 1.43. The Morgan fingerprint density at radius 2 is 1.91 bits per heavy atom. The van der Waals surface area contributed by atoms with E-state index in [-0.39, 0.29) is 11.6 Å². The first-order chi connectivity index (χ1) is 16.4. The second kappa shape index (κ2) is 8.65. The Bertz CT molecular complexity index is 1130. The summed E-state index contributed by atoms with van der Waals surface area (Å²) in [6, 6.07) is 4.06. The lowest BCUT2D eigenvalue weighted by atomic mass is 9.83. The zero-order chi connectivity index (χ0) is 24.0. The Morgan fingerprint density at radius 3 is 2.53 bits per heavy atom. The molecule has 0 bridgehead atoms. The topological polar surface area (TPSA) is 71.3 Å². The summed E-state index contributed by atoms with van der Waals surface area (Å²) in [6.45, 7) is 9.78. The van der Waals surface area contributed by atoms with Crippen molar-refractivity contribution in [3.8, 4) is 11.5 Å². The largest absolute Gasteiger partial charge is 0.497 e. The molecule has 5 rings (SSSR count). The molecule has 0 saturated carbocycles. The molecule has 182 valence electrons. The molecule has 3 aliphatic heterocycles. The molecule has 3 aliphatic rings. The van der Waals surface area contributed by atoms with E-state index in [1.807, 2.05) is 30.9 Å². The van der Waals surface area contributed by atoms with Crippen LogP contribution in [0.15, 0.2) is 28.3 Å². The van der Waals surface area contributed by atoms with Crippen LogP contribution >= 0.6 is 0 Å². The van der Waals surface area contributed by atoms with Gasteiger partial charge in [-0.25, -0.2) is 9.78 Å². The second-order valence-electron chi connectivity index (χ2n) is 9.42. The van der Waals surface area contributed by atoms with Gasteiger partial charge in [-0.1, -0.05) is 6.08 Å². The Labute approximate surface area is 201 Å². The summed E-state index contributed by atoms with van der Waals surface area (Å²) in [5.41, 5.74) is 4.10. The van der Waals surface area contributed by atoms with Crippen molar-refractivity contribution >= 4 is 6.03 Å². The minimum absolute atomic E-state index is 0.0970. The summed E-state index contributed by atoms with van der Waals surface area (Å²) in [5, 5.41) is 0. The Morgan fingerprint density at radius 1 is 1.15 bits per heavy atom. The van der Waals surface area contributed by atoms with Crippen molar-refractivity contribution in [3.63, 3.8) is 0 Å². The van der Waals surface area contributed by atoms with Crippen LogP contribution in [-0.2, 0) is 19.5 Å². The first-order valence-electron chi connectivity index (χ1n) is 12.1. The predicted molar refractivity (Wildman–Crippen MR) is 128 cm³/mol. The highest BCUT2D eigenvalue weighted by atomic mass is 16.5. The number of carbonyl (C=O) groups is 1. The van der Waals surface area contributed by atoms with E-state index < -0.39 is 0 Å². The number of hydrogen-bond acceptors (Lipinski definition) is 6. The van der Waals surface area contributed by atoms with Crippen molar-refractivity contribution in [2.24, 2.45) is 0 Å². The number of oxazole rings is 1. The molecule has 0 atom stereocenters. The van der Waals surface area contributed by atoms with Crippen molar-refractivity contribution in [1.29, 1.82) is 0 Å². The zero-order valence-electron chi connectivity index (χ0n) is 20.8. The van der Waals surface area contributed by atoms with Gasteiger partial charge in [0.15, 0.2) is 5.89 Å². The molecule has 0 N–H and O–H groups in total. The number of aromatic nitrogens is 1. The van der Waals surface area contributed by atoms with Gasteiger partial charge in [0.05, 0.1) is 32.0 Å². The summed E-state index contributed by atoms with van der Waals surface area (Å²) >= 11 is 0. The lowest BCUT2D eigenvalue weighted by Gasteiger charge is -2.44. The molecule has 2 fully saturated rings. The molecule has 2 aromatic rings. The summed E-state index contributed by atoms with van der Waals surface area (Å²) in [6.07, 6.45) is 4.81. The fraction of sp³-hybridized carbons (Fsp3) is 0.538. The normalized spacial score (nSPS) is 19.7. The molecule has 0 aliphatic carbocycles. The second-order valence-corrected chi connectivity index (χ2v) is 9.42. The van der Waals surface area contributed by atoms with Crippen LogP contribution in [-0.4, -0.2) is 65.1 Å². The number of amides is 2. The minimum Gasteiger partial charge on any atom is -0.497 e. The average molecular weight is 467 g/mol. The maximum Gasteiger partial charge on any atom is 0.325 e. The van der Waals surface area contributed by atoms with Gasteiger partial charge in [0.1, 0.15) is 17.3 Å². The third-order valence-electron chi connectivity index (χ3n) is 7.68. The van der Waals surface area contributed by atoms with Gasteiger partial charge in [-0.3, -0.25) is 9.80 Å². The van der Waals surface area contributed by atoms with E-state index >= 15 is 0 Å². The van der Waals surface area contributed by atoms with E-state index in [9.17, 15) is 4.79 Å². The third kappa shape index (κ3) is 3.55. The smallest absolute Gasteiger partial charge is 0.325 e. The Hall–Kier alpha value is -3.00. The summed E-state index contributed by atoms with van der Waals surface area (Å²) in [4.78, 5) is 24.7. The van der Waals surface area contributed by atoms with E-state index in [1.54, 1.807) is 14.2 Å². The first-order valence-corrected chi connectivity index (χ1v) is 12.1. The molecule has 1 aromatic heterocycles. The number of aryl methyl sites for hydroxylation is 2. The number of benzene rings is 1. The first kappa shape index (κ1) is 22.8. The number of ether oxygens (including phenoxy) is 2. The van der Waals surface area contributed by atoms with Gasteiger partial charge in [0.25, 0.3) is 0 Å². The maximum atomic E-state index is 13.6. The molecular formula is C26H34N4O4. The van der Waals surface area contributed by atoms with Crippen molar-refractivity contribution in [3.05, 3.63) is 52.4 Å². The van der Waals surface area contributed by atoms with Crippen LogP contribution in [0.25, 0.3) is 0 Å². The van der Waals surface area contributed by atoms with Crippen molar-refractivity contribution in [1.82, 2.24) is 19.7 Å². The van der Waals surface area contributed by atoms with Crippen LogP contribution < -0.4 is 9.47 Å². The summed E-state index contributed by atoms with van der Waals surface area (Å²) < 4.78 is 16.8. The molecule has 1 aromatic carbocycles. The van der Waals surface area contributed by atoms with Crippen molar-refractivity contribution in [2.45, 2.75) is 58.7 Å².